The summed E-state index contributed by atoms with van der Waals surface area (Å²) >= 11 is 6.13. The molecule has 28 heavy (non-hydrogen) atoms. The Kier molecular flexibility index (Phi) is 4.84. The highest BCUT2D eigenvalue weighted by molar-refractivity contribution is 6.31. The number of carbonyl (C=O) groups excluding carboxylic acids is 1. The quantitative estimate of drug-likeness (QED) is 0.533. The van der Waals surface area contributed by atoms with Gasteiger partial charge in [0.25, 0.3) is 5.91 Å². The summed E-state index contributed by atoms with van der Waals surface area (Å²) in [7, 11) is 0. The van der Waals surface area contributed by atoms with Gasteiger partial charge in [-0.3, -0.25) is 4.79 Å². The van der Waals surface area contributed by atoms with E-state index in [1.54, 1.807) is 18.2 Å². The molecule has 0 saturated carbocycles. The van der Waals surface area contributed by atoms with Gasteiger partial charge in [-0.15, -0.1) is 5.10 Å². The van der Waals surface area contributed by atoms with E-state index in [9.17, 15) is 4.79 Å². The molecule has 1 N–H and O–H groups in total. The van der Waals surface area contributed by atoms with Crippen LogP contribution in [0.15, 0.2) is 60.7 Å². The molecule has 3 aromatic carbocycles. The van der Waals surface area contributed by atoms with Crippen LogP contribution < -0.4 is 5.32 Å². The Morgan fingerprint density at radius 3 is 2.71 bits per heavy atom. The van der Waals surface area contributed by atoms with Gasteiger partial charge in [0.05, 0.1) is 12.1 Å². The highest BCUT2D eigenvalue weighted by atomic mass is 35.5. The highest BCUT2D eigenvalue weighted by Crippen LogP contribution is 2.24. The Bertz CT molecular complexity index is 1180. The molecule has 0 radical (unpaired) electrons. The van der Waals surface area contributed by atoms with E-state index < -0.39 is 0 Å². The van der Waals surface area contributed by atoms with Gasteiger partial charge in [0.2, 0.25) is 0 Å². The summed E-state index contributed by atoms with van der Waals surface area (Å²) in [6, 6.07) is 19.1. The molecule has 1 aromatic heterocycles. The van der Waals surface area contributed by atoms with Gasteiger partial charge >= 0.3 is 0 Å². The number of rotatable bonds is 4. The molecular formula is C22H19ClN4O. The van der Waals surface area contributed by atoms with E-state index in [0.717, 1.165) is 11.1 Å². The molecule has 1 amide bonds. The minimum Gasteiger partial charge on any atom is -0.322 e. The van der Waals surface area contributed by atoms with E-state index in [2.05, 4.69) is 34.7 Å². The third-order valence-electron chi connectivity index (χ3n) is 4.87. The predicted molar refractivity (Wildman–Crippen MR) is 112 cm³/mol. The van der Waals surface area contributed by atoms with Gasteiger partial charge in [-0.25, -0.2) is 4.68 Å². The molecule has 4 rings (SSSR count). The van der Waals surface area contributed by atoms with Crippen molar-refractivity contribution in [2.75, 3.05) is 5.32 Å². The van der Waals surface area contributed by atoms with Crippen molar-refractivity contribution in [3.05, 3.63) is 87.9 Å². The van der Waals surface area contributed by atoms with Crippen LogP contribution in [0, 0.1) is 13.8 Å². The molecule has 0 spiro atoms. The van der Waals surface area contributed by atoms with Gasteiger partial charge in [0.15, 0.2) is 0 Å². The predicted octanol–water partition coefficient (Wildman–Crippen LogP) is 5.00. The fourth-order valence-corrected chi connectivity index (χ4v) is 3.29. The van der Waals surface area contributed by atoms with E-state index in [1.807, 2.05) is 41.9 Å². The summed E-state index contributed by atoms with van der Waals surface area (Å²) in [5, 5.41) is 12.0. The number of nitrogens with one attached hydrogen (secondary N) is 1. The van der Waals surface area contributed by atoms with E-state index in [4.69, 9.17) is 11.6 Å². The van der Waals surface area contributed by atoms with Crippen LogP contribution >= 0.6 is 11.6 Å². The van der Waals surface area contributed by atoms with Crippen LogP contribution in [0.4, 0.5) is 5.69 Å². The lowest BCUT2D eigenvalue weighted by molar-refractivity contribution is 0.102. The fraction of sp³-hybridized carbons (Fsp3) is 0.136. The minimum absolute atomic E-state index is 0.208. The van der Waals surface area contributed by atoms with Crippen LogP contribution in [-0.2, 0) is 6.54 Å². The topological polar surface area (TPSA) is 59.8 Å². The summed E-state index contributed by atoms with van der Waals surface area (Å²) < 4.78 is 1.85. The molecule has 0 saturated heterocycles. The molecular weight excluding hydrogens is 372 g/mol. The van der Waals surface area contributed by atoms with Crippen molar-refractivity contribution in [3.8, 4) is 0 Å². The first-order chi connectivity index (χ1) is 13.5. The van der Waals surface area contributed by atoms with Crippen molar-refractivity contribution < 1.29 is 4.79 Å². The molecule has 4 aromatic rings. The van der Waals surface area contributed by atoms with Crippen molar-refractivity contribution in [2.24, 2.45) is 0 Å². The maximum Gasteiger partial charge on any atom is 0.255 e. The fourth-order valence-electron chi connectivity index (χ4n) is 3.12. The number of benzene rings is 3. The second-order valence-corrected chi connectivity index (χ2v) is 7.15. The number of halogens is 1. The Morgan fingerprint density at radius 2 is 1.89 bits per heavy atom. The van der Waals surface area contributed by atoms with Crippen molar-refractivity contribution >= 4 is 34.2 Å². The number of hydrogen-bond donors (Lipinski definition) is 1. The number of amides is 1. The lowest BCUT2D eigenvalue weighted by Crippen LogP contribution is -2.12. The maximum absolute atomic E-state index is 12.7. The van der Waals surface area contributed by atoms with Gasteiger partial charge in [-0.05, 0) is 60.9 Å². The van der Waals surface area contributed by atoms with Gasteiger partial charge in [-0.2, -0.15) is 0 Å². The summed E-state index contributed by atoms with van der Waals surface area (Å²) in [6.07, 6.45) is 0. The normalized spacial score (nSPS) is 11.0. The molecule has 0 unspecified atom stereocenters. The van der Waals surface area contributed by atoms with Crippen molar-refractivity contribution in [1.82, 2.24) is 15.0 Å². The average molecular weight is 391 g/mol. The summed E-state index contributed by atoms with van der Waals surface area (Å²) in [5.74, 6) is -0.208. The molecule has 1 heterocycles. The van der Waals surface area contributed by atoms with Gasteiger partial charge < -0.3 is 5.32 Å². The SMILES string of the molecule is Cc1ccccc1Cn1nnc2cc(C(=O)Nc3cccc(Cl)c3C)ccc21. The smallest absolute Gasteiger partial charge is 0.255 e. The molecule has 0 bridgehead atoms. The first kappa shape index (κ1) is 18.2. The first-order valence-corrected chi connectivity index (χ1v) is 9.35. The van der Waals surface area contributed by atoms with Crippen LogP contribution in [0.1, 0.15) is 27.0 Å². The number of carbonyl (C=O) groups is 1. The largest absolute Gasteiger partial charge is 0.322 e. The lowest BCUT2D eigenvalue weighted by atomic mass is 10.1. The molecule has 0 atom stereocenters. The van der Waals surface area contributed by atoms with Crippen LogP contribution in [-0.4, -0.2) is 20.9 Å². The molecule has 0 fully saturated rings. The first-order valence-electron chi connectivity index (χ1n) is 8.97. The van der Waals surface area contributed by atoms with Gasteiger partial charge in [-0.1, -0.05) is 47.1 Å². The number of fused-ring (bicyclic) bond motifs is 1. The maximum atomic E-state index is 12.7. The number of nitrogens with zero attached hydrogens (tertiary/aromatic N) is 3. The zero-order valence-electron chi connectivity index (χ0n) is 15.6. The summed E-state index contributed by atoms with van der Waals surface area (Å²) in [6.45, 7) is 4.59. The second kappa shape index (κ2) is 7.44. The van der Waals surface area contributed by atoms with Crippen molar-refractivity contribution in [3.63, 3.8) is 0 Å². The molecule has 5 nitrogen and oxygen atoms in total. The van der Waals surface area contributed by atoms with E-state index >= 15 is 0 Å². The lowest BCUT2D eigenvalue weighted by Gasteiger charge is -2.10. The number of aromatic nitrogens is 3. The standard InChI is InChI=1S/C22H19ClN4O/c1-14-6-3-4-7-17(14)13-27-21-11-10-16(12-20(21)25-26-27)22(28)24-19-9-5-8-18(23)15(19)2/h3-12H,13H2,1-2H3,(H,24,28). The van der Waals surface area contributed by atoms with Crippen LogP contribution in [0.2, 0.25) is 5.02 Å². The summed E-state index contributed by atoms with van der Waals surface area (Å²) in [4.78, 5) is 12.7. The Hall–Kier alpha value is -3.18. The van der Waals surface area contributed by atoms with E-state index in [0.29, 0.717) is 28.3 Å². The number of anilines is 1. The monoisotopic (exact) mass is 390 g/mol. The zero-order chi connectivity index (χ0) is 19.7. The van der Waals surface area contributed by atoms with Crippen LogP contribution in [0.5, 0.6) is 0 Å². The number of aryl methyl sites for hydroxylation is 1. The third kappa shape index (κ3) is 3.49. The Balaban J connectivity index is 1.59. The average Bonchev–Trinajstić information content (AvgIpc) is 3.09. The number of hydrogen-bond acceptors (Lipinski definition) is 3. The zero-order valence-corrected chi connectivity index (χ0v) is 16.4. The third-order valence-corrected chi connectivity index (χ3v) is 5.28. The van der Waals surface area contributed by atoms with E-state index in [-0.39, 0.29) is 5.91 Å². The minimum atomic E-state index is -0.208. The van der Waals surface area contributed by atoms with Gasteiger partial charge in [0.1, 0.15) is 5.52 Å². The second-order valence-electron chi connectivity index (χ2n) is 6.74. The van der Waals surface area contributed by atoms with Gasteiger partial charge in [0, 0.05) is 16.3 Å². The van der Waals surface area contributed by atoms with Crippen molar-refractivity contribution in [1.29, 1.82) is 0 Å². The van der Waals surface area contributed by atoms with Crippen LogP contribution in [0.25, 0.3) is 11.0 Å². The molecule has 0 aliphatic rings. The van der Waals surface area contributed by atoms with E-state index in [1.165, 1.54) is 11.1 Å². The van der Waals surface area contributed by atoms with Crippen molar-refractivity contribution in [2.45, 2.75) is 20.4 Å². The van der Waals surface area contributed by atoms with Crippen LogP contribution in [0.3, 0.4) is 0 Å². The Morgan fingerprint density at radius 1 is 1.07 bits per heavy atom. The molecule has 0 aliphatic heterocycles. The highest BCUT2D eigenvalue weighted by Gasteiger charge is 2.13. The Labute approximate surface area is 167 Å². The summed E-state index contributed by atoms with van der Waals surface area (Å²) in [5.41, 5.74) is 6.02. The molecule has 0 aliphatic carbocycles. The molecule has 6 heteroatoms. The molecule has 140 valence electrons.